The molecule has 0 amide bonds. The third-order valence-electron chi connectivity index (χ3n) is 3.21. The molecule has 0 bridgehead atoms. The lowest BCUT2D eigenvalue weighted by molar-refractivity contribution is 0.0299. The van der Waals surface area contributed by atoms with Crippen LogP contribution in [0.4, 0.5) is 5.13 Å². The number of hydrogen-bond donors (Lipinski definition) is 1. The molecule has 2 unspecified atom stereocenters. The average Bonchev–Trinajstić information content (AvgIpc) is 2.70. The van der Waals surface area contributed by atoms with Gasteiger partial charge in [0.1, 0.15) is 0 Å². The fourth-order valence-electron chi connectivity index (χ4n) is 2.10. The molecular formula is C12H20N2O2S. The van der Waals surface area contributed by atoms with Crippen LogP contribution in [0.15, 0.2) is 0 Å². The van der Waals surface area contributed by atoms with Crippen LogP contribution in [0, 0.1) is 6.92 Å². The van der Waals surface area contributed by atoms with E-state index in [4.69, 9.17) is 4.74 Å². The van der Waals surface area contributed by atoms with Gasteiger partial charge in [-0.15, -0.1) is 0 Å². The maximum Gasteiger partial charge on any atom is 0.186 e. The summed E-state index contributed by atoms with van der Waals surface area (Å²) in [7, 11) is 0. The summed E-state index contributed by atoms with van der Waals surface area (Å²) in [4.78, 5) is 7.86. The zero-order valence-electron chi connectivity index (χ0n) is 10.6. The second-order valence-corrected chi connectivity index (χ2v) is 5.58. The van der Waals surface area contributed by atoms with Crippen LogP contribution in [-0.2, 0) is 11.3 Å². The molecule has 2 rings (SSSR count). The Morgan fingerprint density at radius 1 is 1.59 bits per heavy atom. The first-order valence-corrected chi connectivity index (χ1v) is 6.92. The van der Waals surface area contributed by atoms with Gasteiger partial charge >= 0.3 is 0 Å². The third kappa shape index (κ3) is 2.61. The standard InChI is InChI=1S/C12H20N2O2S/c1-4-10-7-16-8(2)5-14(10)12-13-9(3)11(6-15)17-12/h8,10,15H,4-7H2,1-3H3. The van der Waals surface area contributed by atoms with Crippen LogP contribution in [0.1, 0.15) is 30.8 Å². The van der Waals surface area contributed by atoms with Gasteiger partial charge in [-0.2, -0.15) is 0 Å². The van der Waals surface area contributed by atoms with Crippen molar-refractivity contribution in [3.8, 4) is 0 Å². The van der Waals surface area contributed by atoms with Gasteiger partial charge in [-0.3, -0.25) is 0 Å². The minimum absolute atomic E-state index is 0.0835. The largest absolute Gasteiger partial charge is 0.391 e. The number of rotatable bonds is 3. The van der Waals surface area contributed by atoms with Crippen LogP contribution in [0.2, 0.25) is 0 Å². The molecule has 0 saturated carbocycles. The summed E-state index contributed by atoms with van der Waals surface area (Å²) in [5.41, 5.74) is 0.946. The Hall–Kier alpha value is -0.650. The third-order valence-corrected chi connectivity index (χ3v) is 4.39. The first-order chi connectivity index (χ1) is 8.15. The first kappa shape index (κ1) is 12.8. The molecule has 96 valence electrons. The minimum Gasteiger partial charge on any atom is -0.391 e. The van der Waals surface area contributed by atoms with E-state index in [-0.39, 0.29) is 12.7 Å². The molecule has 1 fully saturated rings. The van der Waals surface area contributed by atoms with Gasteiger partial charge in [-0.05, 0) is 20.3 Å². The molecule has 1 aromatic heterocycles. The Morgan fingerprint density at radius 3 is 2.94 bits per heavy atom. The van der Waals surface area contributed by atoms with Crippen LogP contribution in [0.3, 0.4) is 0 Å². The van der Waals surface area contributed by atoms with Gasteiger partial charge in [-0.1, -0.05) is 18.3 Å². The molecular weight excluding hydrogens is 236 g/mol. The molecule has 5 heteroatoms. The van der Waals surface area contributed by atoms with E-state index in [1.165, 1.54) is 0 Å². The number of hydrogen-bond acceptors (Lipinski definition) is 5. The van der Waals surface area contributed by atoms with Crippen molar-refractivity contribution in [2.24, 2.45) is 0 Å². The molecule has 0 aromatic carbocycles. The number of aryl methyl sites for hydroxylation is 1. The molecule has 0 spiro atoms. The summed E-state index contributed by atoms with van der Waals surface area (Å²) < 4.78 is 5.68. The molecule has 17 heavy (non-hydrogen) atoms. The van der Waals surface area contributed by atoms with E-state index in [2.05, 4.69) is 23.7 Å². The Morgan fingerprint density at radius 2 is 2.35 bits per heavy atom. The topological polar surface area (TPSA) is 45.6 Å². The van der Waals surface area contributed by atoms with Crippen molar-refractivity contribution in [1.82, 2.24) is 4.98 Å². The Kier molecular flexibility index (Phi) is 4.01. The zero-order chi connectivity index (χ0) is 12.4. The molecule has 1 aliphatic heterocycles. The van der Waals surface area contributed by atoms with Crippen molar-refractivity contribution >= 4 is 16.5 Å². The second kappa shape index (κ2) is 5.33. The number of ether oxygens (including phenoxy) is 1. The average molecular weight is 256 g/mol. The number of aliphatic hydroxyl groups is 1. The Bertz CT molecular complexity index is 381. The highest BCUT2D eigenvalue weighted by Crippen LogP contribution is 2.30. The minimum atomic E-state index is 0.0835. The van der Waals surface area contributed by atoms with Gasteiger partial charge in [-0.25, -0.2) is 4.98 Å². The fourth-order valence-corrected chi connectivity index (χ4v) is 3.10. The van der Waals surface area contributed by atoms with Gasteiger partial charge in [0.25, 0.3) is 0 Å². The summed E-state index contributed by atoms with van der Waals surface area (Å²) in [5, 5.41) is 10.3. The molecule has 1 aliphatic rings. The van der Waals surface area contributed by atoms with Gasteiger partial charge < -0.3 is 14.7 Å². The van der Waals surface area contributed by atoms with E-state index >= 15 is 0 Å². The van der Waals surface area contributed by atoms with Gasteiger partial charge in [0.05, 0.1) is 35.9 Å². The SMILES string of the molecule is CCC1COC(C)CN1c1nc(C)c(CO)s1. The molecule has 1 aromatic rings. The van der Waals surface area contributed by atoms with E-state index in [9.17, 15) is 5.11 Å². The highest BCUT2D eigenvalue weighted by Gasteiger charge is 2.28. The van der Waals surface area contributed by atoms with Crippen molar-refractivity contribution in [3.63, 3.8) is 0 Å². The summed E-state index contributed by atoms with van der Waals surface area (Å²) in [6.07, 6.45) is 1.30. The molecule has 2 heterocycles. The van der Waals surface area contributed by atoms with Crippen molar-refractivity contribution < 1.29 is 9.84 Å². The normalized spacial score (nSPS) is 25.3. The van der Waals surface area contributed by atoms with Crippen molar-refractivity contribution in [2.45, 2.75) is 45.9 Å². The zero-order valence-corrected chi connectivity index (χ0v) is 11.5. The molecule has 0 aliphatic carbocycles. The van der Waals surface area contributed by atoms with Crippen LogP contribution < -0.4 is 4.90 Å². The van der Waals surface area contributed by atoms with E-state index in [1.54, 1.807) is 11.3 Å². The quantitative estimate of drug-likeness (QED) is 0.898. The van der Waals surface area contributed by atoms with Crippen LogP contribution in [-0.4, -0.2) is 35.4 Å². The second-order valence-electron chi connectivity index (χ2n) is 4.52. The number of morpholine rings is 1. The number of aliphatic hydroxyl groups excluding tert-OH is 1. The number of nitrogens with zero attached hydrogens (tertiary/aromatic N) is 2. The maximum atomic E-state index is 9.23. The van der Waals surface area contributed by atoms with Crippen LogP contribution in [0.5, 0.6) is 0 Å². The van der Waals surface area contributed by atoms with E-state index in [0.29, 0.717) is 6.04 Å². The predicted molar refractivity (Wildman–Crippen MR) is 69.6 cm³/mol. The molecule has 4 nitrogen and oxygen atoms in total. The van der Waals surface area contributed by atoms with Gasteiger partial charge in [0.2, 0.25) is 0 Å². The van der Waals surface area contributed by atoms with Crippen LogP contribution in [0.25, 0.3) is 0 Å². The lowest BCUT2D eigenvalue weighted by Gasteiger charge is -2.38. The maximum absolute atomic E-state index is 9.23. The summed E-state index contributed by atoms with van der Waals surface area (Å²) in [5.74, 6) is 0. The number of thiazole rings is 1. The molecule has 0 radical (unpaired) electrons. The van der Waals surface area contributed by atoms with Crippen LogP contribution >= 0.6 is 11.3 Å². The van der Waals surface area contributed by atoms with Crippen molar-refractivity contribution in [3.05, 3.63) is 10.6 Å². The molecule has 2 atom stereocenters. The van der Waals surface area contributed by atoms with Crippen molar-refractivity contribution in [2.75, 3.05) is 18.1 Å². The highest BCUT2D eigenvalue weighted by molar-refractivity contribution is 7.15. The Labute approximate surface area is 106 Å². The lowest BCUT2D eigenvalue weighted by Crippen LogP contribution is -2.48. The smallest absolute Gasteiger partial charge is 0.186 e. The van der Waals surface area contributed by atoms with E-state index in [0.717, 1.165) is 35.3 Å². The lowest BCUT2D eigenvalue weighted by atomic mass is 10.1. The molecule has 1 N–H and O–H groups in total. The summed E-state index contributed by atoms with van der Waals surface area (Å²) in [6.45, 7) is 7.95. The fraction of sp³-hybridized carbons (Fsp3) is 0.750. The van der Waals surface area contributed by atoms with E-state index < -0.39 is 0 Å². The number of anilines is 1. The monoisotopic (exact) mass is 256 g/mol. The summed E-state index contributed by atoms with van der Waals surface area (Å²) >= 11 is 1.60. The highest BCUT2D eigenvalue weighted by atomic mass is 32.1. The van der Waals surface area contributed by atoms with Gasteiger partial charge in [0.15, 0.2) is 5.13 Å². The summed E-state index contributed by atoms with van der Waals surface area (Å²) in [6, 6.07) is 0.406. The van der Waals surface area contributed by atoms with E-state index in [1.807, 2.05) is 6.92 Å². The van der Waals surface area contributed by atoms with Crippen molar-refractivity contribution in [1.29, 1.82) is 0 Å². The first-order valence-electron chi connectivity index (χ1n) is 6.11. The van der Waals surface area contributed by atoms with Gasteiger partial charge in [0, 0.05) is 6.54 Å². The predicted octanol–water partition coefficient (Wildman–Crippen LogP) is 1.95. The molecule has 1 saturated heterocycles. The Balaban J connectivity index is 2.22. The number of aromatic nitrogens is 1.